The standard InChI is InChI=1S/C14H19N3O2S2/c1-10(2)16-8-13-14(11(3)9-20-13)21(18,19)17-12-5-4-6-15-7-12/h4-7,9-10,16-17H,8H2,1-3H3. The van der Waals surface area contributed by atoms with Crippen molar-refractivity contribution < 1.29 is 8.42 Å². The molecule has 114 valence electrons. The van der Waals surface area contributed by atoms with Crippen molar-refractivity contribution in [2.75, 3.05) is 4.72 Å². The van der Waals surface area contributed by atoms with Crippen LogP contribution in [0.25, 0.3) is 0 Å². The number of aryl methyl sites for hydroxylation is 1. The summed E-state index contributed by atoms with van der Waals surface area (Å²) < 4.78 is 27.8. The van der Waals surface area contributed by atoms with Gasteiger partial charge in [-0.2, -0.15) is 0 Å². The number of sulfonamides is 1. The highest BCUT2D eigenvalue weighted by Gasteiger charge is 2.23. The van der Waals surface area contributed by atoms with E-state index < -0.39 is 10.0 Å². The third-order valence-corrected chi connectivity index (χ3v) is 5.69. The number of rotatable bonds is 6. The normalized spacial score (nSPS) is 11.8. The third kappa shape index (κ3) is 4.03. The van der Waals surface area contributed by atoms with Gasteiger partial charge >= 0.3 is 0 Å². The molecule has 0 amide bonds. The van der Waals surface area contributed by atoms with Crippen LogP contribution in [0.15, 0.2) is 34.8 Å². The minimum Gasteiger partial charge on any atom is -0.310 e. The van der Waals surface area contributed by atoms with Gasteiger partial charge in [-0.3, -0.25) is 9.71 Å². The Morgan fingerprint density at radius 3 is 2.76 bits per heavy atom. The average molecular weight is 325 g/mol. The maximum atomic E-state index is 12.6. The number of thiophene rings is 1. The number of nitrogens with one attached hydrogen (secondary N) is 2. The molecule has 2 aromatic rings. The highest BCUT2D eigenvalue weighted by molar-refractivity contribution is 7.93. The molecule has 0 saturated carbocycles. The smallest absolute Gasteiger partial charge is 0.263 e. The molecular formula is C14H19N3O2S2. The second kappa shape index (κ2) is 6.55. The first-order valence-corrected chi connectivity index (χ1v) is 8.99. The molecule has 0 aliphatic rings. The van der Waals surface area contributed by atoms with E-state index in [1.165, 1.54) is 17.5 Å². The maximum Gasteiger partial charge on any atom is 0.263 e. The predicted octanol–water partition coefficient (Wildman–Crippen LogP) is 2.75. The molecule has 0 aromatic carbocycles. The highest BCUT2D eigenvalue weighted by atomic mass is 32.2. The lowest BCUT2D eigenvalue weighted by atomic mass is 10.3. The first-order valence-electron chi connectivity index (χ1n) is 6.63. The van der Waals surface area contributed by atoms with Gasteiger partial charge in [-0.05, 0) is 30.0 Å². The van der Waals surface area contributed by atoms with Gasteiger partial charge in [0.1, 0.15) is 4.90 Å². The molecule has 0 saturated heterocycles. The highest BCUT2D eigenvalue weighted by Crippen LogP contribution is 2.28. The summed E-state index contributed by atoms with van der Waals surface area (Å²) in [6.45, 7) is 6.41. The molecule has 2 heterocycles. The molecule has 0 bridgehead atoms. The van der Waals surface area contributed by atoms with Crippen LogP contribution >= 0.6 is 11.3 Å². The fourth-order valence-electron chi connectivity index (χ4n) is 1.90. The molecule has 5 nitrogen and oxygen atoms in total. The number of pyridine rings is 1. The van der Waals surface area contributed by atoms with Crippen molar-refractivity contribution >= 4 is 27.0 Å². The molecule has 7 heteroatoms. The largest absolute Gasteiger partial charge is 0.310 e. The van der Waals surface area contributed by atoms with Gasteiger partial charge in [0.05, 0.1) is 11.9 Å². The predicted molar refractivity (Wildman–Crippen MR) is 86.1 cm³/mol. The summed E-state index contributed by atoms with van der Waals surface area (Å²) in [6.07, 6.45) is 3.09. The first kappa shape index (κ1) is 15.9. The van der Waals surface area contributed by atoms with Gasteiger partial charge in [-0.15, -0.1) is 11.3 Å². The molecular weight excluding hydrogens is 306 g/mol. The zero-order valence-corrected chi connectivity index (χ0v) is 13.9. The van der Waals surface area contributed by atoms with Gasteiger partial charge in [0.2, 0.25) is 0 Å². The van der Waals surface area contributed by atoms with Crippen molar-refractivity contribution in [3.05, 3.63) is 40.3 Å². The van der Waals surface area contributed by atoms with Crippen LogP contribution in [0.4, 0.5) is 5.69 Å². The number of hydrogen-bond acceptors (Lipinski definition) is 5. The van der Waals surface area contributed by atoms with E-state index in [-0.39, 0.29) is 0 Å². The van der Waals surface area contributed by atoms with Gasteiger partial charge in [0.15, 0.2) is 0 Å². The Morgan fingerprint density at radius 2 is 2.14 bits per heavy atom. The molecule has 0 aliphatic heterocycles. The third-order valence-electron chi connectivity index (χ3n) is 2.84. The minimum atomic E-state index is -3.60. The lowest BCUT2D eigenvalue weighted by Gasteiger charge is -2.11. The summed E-state index contributed by atoms with van der Waals surface area (Å²) in [5.74, 6) is 0. The summed E-state index contributed by atoms with van der Waals surface area (Å²) >= 11 is 1.46. The fourth-order valence-corrected chi connectivity index (χ4v) is 4.70. The van der Waals surface area contributed by atoms with Crippen LogP contribution in [0, 0.1) is 6.92 Å². The Hall–Kier alpha value is -1.44. The Balaban J connectivity index is 2.29. The van der Waals surface area contributed by atoms with Crippen molar-refractivity contribution in [2.24, 2.45) is 0 Å². The van der Waals surface area contributed by atoms with Crippen molar-refractivity contribution in [2.45, 2.75) is 38.3 Å². The average Bonchev–Trinajstić information content (AvgIpc) is 2.79. The maximum absolute atomic E-state index is 12.6. The van der Waals surface area contributed by atoms with Crippen LogP contribution in [-0.2, 0) is 16.6 Å². The molecule has 0 atom stereocenters. The van der Waals surface area contributed by atoms with Gasteiger partial charge in [-0.25, -0.2) is 8.42 Å². The van der Waals surface area contributed by atoms with Gasteiger partial charge in [0, 0.05) is 23.7 Å². The van der Waals surface area contributed by atoms with Crippen LogP contribution in [0.1, 0.15) is 24.3 Å². The van der Waals surface area contributed by atoms with E-state index in [2.05, 4.69) is 15.0 Å². The SMILES string of the molecule is Cc1csc(CNC(C)C)c1S(=O)(=O)Nc1cccnc1. The van der Waals surface area contributed by atoms with Crippen molar-refractivity contribution in [1.82, 2.24) is 10.3 Å². The van der Waals surface area contributed by atoms with E-state index in [0.717, 1.165) is 10.4 Å². The summed E-state index contributed by atoms with van der Waals surface area (Å²) in [5, 5.41) is 5.13. The molecule has 2 rings (SSSR count). The topological polar surface area (TPSA) is 71.1 Å². The molecule has 0 fully saturated rings. The molecule has 2 aromatic heterocycles. The first-order chi connectivity index (χ1) is 9.90. The molecule has 21 heavy (non-hydrogen) atoms. The van der Waals surface area contributed by atoms with E-state index in [1.807, 2.05) is 26.2 Å². The molecule has 0 aliphatic carbocycles. The second-order valence-electron chi connectivity index (χ2n) is 5.05. The van der Waals surface area contributed by atoms with Crippen LogP contribution in [-0.4, -0.2) is 19.4 Å². The zero-order chi connectivity index (χ0) is 15.5. The Bertz CT molecular complexity index is 694. The van der Waals surface area contributed by atoms with Crippen molar-refractivity contribution in [3.8, 4) is 0 Å². The quantitative estimate of drug-likeness (QED) is 0.857. The van der Waals surface area contributed by atoms with Crippen LogP contribution in [0.3, 0.4) is 0 Å². The van der Waals surface area contributed by atoms with Gasteiger partial charge in [-0.1, -0.05) is 13.8 Å². The monoisotopic (exact) mass is 325 g/mol. The molecule has 0 unspecified atom stereocenters. The summed E-state index contributed by atoms with van der Waals surface area (Å²) in [6, 6.07) is 3.67. The van der Waals surface area contributed by atoms with Crippen molar-refractivity contribution in [3.63, 3.8) is 0 Å². The Kier molecular flexibility index (Phi) is 4.97. The van der Waals surface area contributed by atoms with Crippen LogP contribution in [0.5, 0.6) is 0 Å². The summed E-state index contributed by atoms with van der Waals surface area (Å²) in [5.41, 5.74) is 1.22. The lowest BCUT2D eigenvalue weighted by Crippen LogP contribution is -2.23. The van der Waals surface area contributed by atoms with E-state index >= 15 is 0 Å². The minimum absolute atomic E-state index is 0.300. The number of aromatic nitrogens is 1. The Labute approximate surface area is 129 Å². The zero-order valence-electron chi connectivity index (χ0n) is 12.3. The van der Waals surface area contributed by atoms with Gasteiger partial charge in [0.25, 0.3) is 10.0 Å². The second-order valence-corrected chi connectivity index (χ2v) is 7.64. The van der Waals surface area contributed by atoms with E-state index in [0.29, 0.717) is 23.2 Å². The summed E-state index contributed by atoms with van der Waals surface area (Å²) in [7, 11) is -3.60. The van der Waals surface area contributed by atoms with E-state index in [9.17, 15) is 8.42 Å². The molecule has 2 N–H and O–H groups in total. The molecule has 0 spiro atoms. The number of anilines is 1. The van der Waals surface area contributed by atoms with E-state index in [1.54, 1.807) is 18.3 Å². The number of hydrogen-bond donors (Lipinski definition) is 2. The molecule has 0 radical (unpaired) electrons. The Morgan fingerprint density at radius 1 is 1.38 bits per heavy atom. The van der Waals surface area contributed by atoms with Crippen LogP contribution < -0.4 is 10.0 Å². The summed E-state index contributed by atoms with van der Waals surface area (Å²) in [4.78, 5) is 5.10. The van der Waals surface area contributed by atoms with E-state index in [4.69, 9.17) is 0 Å². The number of nitrogens with zero attached hydrogens (tertiary/aromatic N) is 1. The van der Waals surface area contributed by atoms with Crippen LogP contribution in [0.2, 0.25) is 0 Å². The van der Waals surface area contributed by atoms with Crippen molar-refractivity contribution in [1.29, 1.82) is 0 Å². The fraction of sp³-hybridized carbons (Fsp3) is 0.357. The van der Waals surface area contributed by atoms with Gasteiger partial charge < -0.3 is 5.32 Å². The lowest BCUT2D eigenvalue weighted by molar-refractivity contribution is 0.581.